The summed E-state index contributed by atoms with van der Waals surface area (Å²) in [4.78, 5) is 11.4. The van der Waals surface area contributed by atoms with E-state index in [2.05, 4.69) is 0 Å². The van der Waals surface area contributed by atoms with Crippen molar-refractivity contribution in [3.8, 4) is 5.75 Å². The van der Waals surface area contributed by atoms with Crippen molar-refractivity contribution in [1.82, 2.24) is 0 Å². The maximum atomic E-state index is 11.4. The van der Waals surface area contributed by atoms with E-state index in [-0.39, 0.29) is 0 Å². The predicted molar refractivity (Wildman–Crippen MR) is 83.1 cm³/mol. The third kappa shape index (κ3) is 3.99. The molecule has 4 heteroatoms. The fraction of sp³-hybridized carbons (Fsp3) is 0.235. The standard InChI is InChI=1S/C17H17ClO3/c1-11-4-3-5-12(2)15(11)10-16(17(19)20)21-14-8-6-13(18)7-9-14/h3-9,16H,10H2,1-2H3,(H,19,20)/t16-/m1/s1. The summed E-state index contributed by atoms with van der Waals surface area (Å²) >= 11 is 5.81. The fourth-order valence-corrected chi connectivity index (χ4v) is 2.34. The molecular formula is C17H17ClO3. The van der Waals surface area contributed by atoms with Crippen molar-refractivity contribution in [2.75, 3.05) is 0 Å². The van der Waals surface area contributed by atoms with Crippen molar-refractivity contribution in [3.05, 3.63) is 64.2 Å². The molecule has 0 aliphatic carbocycles. The number of carbonyl (C=O) groups is 1. The van der Waals surface area contributed by atoms with Crippen LogP contribution in [0.5, 0.6) is 5.75 Å². The van der Waals surface area contributed by atoms with E-state index in [9.17, 15) is 9.90 Å². The van der Waals surface area contributed by atoms with E-state index in [0.29, 0.717) is 17.2 Å². The average Bonchev–Trinajstić information content (AvgIpc) is 2.43. The first-order chi connectivity index (χ1) is 9.97. The number of carboxylic acid groups (broad SMARTS) is 1. The third-order valence-corrected chi connectivity index (χ3v) is 3.65. The van der Waals surface area contributed by atoms with Crippen LogP contribution in [-0.2, 0) is 11.2 Å². The minimum atomic E-state index is -0.979. The number of rotatable bonds is 5. The van der Waals surface area contributed by atoms with Crippen LogP contribution in [0.2, 0.25) is 5.02 Å². The molecule has 0 amide bonds. The minimum absolute atomic E-state index is 0.330. The zero-order chi connectivity index (χ0) is 15.4. The number of benzene rings is 2. The van der Waals surface area contributed by atoms with Crippen LogP contribution >= 0.6 is 11.6 Å². The SMILES string of the molecule is Cc1cccc(C)c1C[C@@H](Oc1ccc(Cl)cc1)C(=O)O. The van der Waals surface area contributed by atoms with Crippen molar-refractivity contribution in [2.45, 2.75) is 26.4 Å². The average molecular weight is 305 g/mol. The largest absolute Gasteiger partial charge is 0.478 e. The lowest BCUT2D eigenvalue weighted by Gasteiger charge is -2.18. The zero-order valence-corrected chi connectivity index (χ0v) is 12.7. The van der Waals surface area contributed by atoms with E-state index in [1.54, 1.807) is 24.3 Å². The number of hydrogen-bond donors (Lipinski definition) is 1. The number of hydrogen-bond acceptors (Lipinski definition) is 2. The van der Waals surface area contributed by atoms with Gasteiger partial charge in [-0.1, -0.05) is 29.8 Å². The van der Waals surface area contributed by atoms with Crippen LogP contribution in [0.4, 0.5) is 0 Å². The quantitative estimate of drug-likeness (QED) is 0.907. The predicted octanol–water partition coefficient (Wildman–Crippen LogP) is 4.03. The van der Waals surface area contributed by atoms with Crippen molar-refractivity contribution >= 4 is 17.6 Å². The summed E-state index contributed by atoms with van der Waals surface area (Å²) in [5.41, 5.74) is 3.15. The second kappa shape index (κ2) is 6.64. The molecule has 3 nitrogen and oxygen atoms in total. The van der Waals surface area contributed by atoms with E-state index in [4.69, 9.17) is 16.3 Å². The Bertz CT molecular complexity index is 615. The van der Waals surface area contributed by atoms with Gasteiger partial charge < -0.3 is 9.84 Å². The Morgan fingerprint density at radius 3 is 2.24 bits per heavy atom. The molecule has 0 aromatic heterocycles. The third-order valence-electron chi connectivity index (χ3n) is 3.40. The van der Waals surface area contributed by atoms with Crippen LogP contribution in [-0.4, -0.2) is 17.2 Å². The fourth-order valence-electron chi connectivity index (χ4n) is 2.21. The Labute approximate surface area is 129 Å². The van der Waals surface area contributed by atoms with Crippen LogP contribution in [0.15, 0.2) is 42.5 Å². The van der Waals surface area contributed by atoms with Gasteiger partial charge in [0, 0.05) is 11.4 Å². The van der Waals surface area contributed by atoms with Crippen molar-refractivity contribution in [1.29, 1.82) is 0 Å². The molecule has 0 radical (unpaired) electrons. The molecule has 0 heterocycles. The molecule has 2 rings (SSSR count). The first kappa shape index (κ1) is 15.4. The monoisotopic (exact) mass is 304 g/mol. The van der Waals surface area contributed by atoms with E-state index >= 15 is 0 Å². The summed E-state index contributed by atoms with van der Waals surface area (Å²) in [5, 5.41) is 9.97. The summed E-state index contributed by atoms with van der Waals surface area (Å²) < 4.78 is 5.59. The molecule has 0 aliphatic heterocycles. The molecule has 0 unspecified atom stereocenters. The topological polar surface area (TPSA) is 46.5 Å². The van der Waals surface area contributed by atoms with Gasteiger partial charge in [-0.3, -0.25) is 0 Å². The van der Waals surface area contributed by atoms with Gasteiger partial charge in [-0.05, 0) is 54.8 Å². The Balaban J connectivity index is 2.20. The van der Waals surface area contributed by atoms with Gasteiger partial charge in [0.25, 0.3) is 0 Å². The van der Waals surface area contributed by atoms with Crippen molar-refractivity contribution in [3.63, 3.8) is 0 Å². The van der Waals surface area contributed by atoms with Gasteiger partial charge in [0.15, 0.2) is 6.10 Å². The van der Waals surface area contributed by atoms with Crippen molar-refractivity contribution < 1.29 is 14.6 Å². The van der Waals surface area contributed by atoms with Crippen LogP contribution in [0.25, 0.3) is 0 Å². The van der Waals surface area contributed by atoms with E-state index in [1.807, 2.05) is 32.0 Å². The van der Waals surface area contributed by atoms with Crippen LogP contribution < -0.4 is 4.74 Å². The zero-order valence-electron chi connectivity index (χ0n) is 12.0. The number of carboxylic acids is 1. The van der Waals surface area contributed by atoms with Gasteiger partial charge in [0.1, 0.15) is 5.75 Å². The number of aliphatic carboxylic acids is 1. The highest BCUT2D eigenvalue weighted by molar-refractivity contribution is 6.30. The van der Waals surface area contributed by atoms with E-state index in [1.165, 1.54) is 0 Å². The minimum Gasteiger partial charge on any atom is -0.478 e. The van der Waals surface area contributed by atoms with Crippen LogP contribution in [0, 0.1) is 13.8 Å². The summed E-state index contributed by atoms with van der Waals surface area (Å²) in [5.74, 6) is -0.481. The highest BCUT2D eigenvalue weighted by Gasteiger charge is 2.21. The van der Waals surface area contributed by atoms with E-state index < -0.39 is 12.1 Å². The van der Waals surface area contributed by atoms with Crippen molar-refractivity contribution in [2.24, 2.45) is 0 Å². The smallest absolute Gasteiger partial charge is 0.345 e. The molecule has 0 saturated heterocycles. The number of ether oxygens (including phenoxy) is 1. The summed E-state index contributed by atoms with van der Waals surface area (Å²) in [7, 11) is 0. The normalized spacial score (nSPS) is 12.0. The molecule has 1 atom stereocenters. The first-order valence-corrected chi connectivity index (χ1v) is 7.05. The summed E-state index contributed by atoms with van der Waals surface area (Å²) in [6, 6.07) is 12.6. The molecule has 2 aromatic rings. The first-order valence-electron chi connectivity index (χ1n) is 6.67. The molecule has 0 saturated carbocycles. The highest BCUT2D eigenvalue weighted by atomic mass is 35.5. The number of aryl methyl sites for hydroxylation is 2. The van der Waals surface area contributed by atoms with Gasteiger partial charge in [0.05, 0.1) is 0 Å². The Morgan fingerprint density at radius 2 is 1.71 bits per heavy atom. The van der Waals surface area contributed by atoms with Gasteiger partial charge in [-0.25, -0.2) is 4.79 Å². The Morgan fingerprint density at radius 1 is 1.14 bits per heavy atom. The molecule has 2 aromatic carbocycles. The molecule has 1 N–H and O–H groups in total. The van der Waals surface area contributed by atoms with E-state index in [0.717, 1.165) is 16.7 Å². The maximum absolute atomic E-state index is 11.4. The highest BCUT2D eigenvalue weighted by Crippen LogP contribution is 2.21. The van der Waals surface area contributed by atoms with Gasteiger partial charge in [-0.15, -0.1) is 0 Å². The van der Waals surface area contributed by atoms with Crippen LogP contribution in [0.1, 0.15) is 16.7 Å². The van der Waals surface area contributed by atoms with Gasteiger partial charge in [0.2, 0.25) is 0 Å². The van der Waals surface area contributed by atoms with Crippen LogP contribution in [0.3, 0.4) is 0 Å². The lowest BCUT2D eigenvalue weighted by Crippen LogP contribution is -2.30. The summed E-state index contributed by atoms with van der Waals surface area (Å²) in [6.45, 7) is 3.95. The number of halogens is 1. The van der Waals surface area contributed by atoms with Gasteiger partial charge in [-0.2, -0.15) is 0 Å². The molecular weight excluding hydrogens is 288 g/mol. The lowest BCUT2D eigenvalue weighted by atomic mass is 9.97. The second-order valence-electron chi connectivity index (χ2n) is 4.97. The Kier molecular flexibility index (Phi) is 4.86. The van der Waals surface area contributed by atoms with Gasteiger partial charge >= 0.3 is 5.97 Å². The molecule has 0 aliphatic rings. The Hall–Kier alpha value is -2.00. The summed E-state index contributed by atoms with van der Waals surface area (Å²) in [6.07, 6.45) is -0.595. The molecule has 0 spiro atoms. The molecule has 21 heavy (non-hydrogen) atoms. The molecule has 110 valence electrons. The lowest BCUT2D eigenvalue weighted by molar-refractivity contribution is -0.145. The second-order valence-corrected chi connectivity index (χ2v) is 5.41. The molecule has 0 bridgehead atoms. The molecule has 0 fully saturated rings. The maximum Gasteiger partial charge on any atom is 0.345 e.